The van der Waals surface area contributed by atoms with Gasteiger partial charge in [-0.25, -0.2) is 0 Å². The summed E-state index contributed by atoms with van der Waals surface area (Å²) < 4.78 is 52.5. The molecule has 0 aliphatic heterocycles. The summed E-state index contributed by atoms with van der Waals surface area (Å²) in [7, 11) is 0. The first-order valence-electron chi connectivity index (χ1n) is 36.2. The average Bonchev–Trinajstić information content (AvgIpc) is 0.867. The normalized spacial score (nSPS) is 20.3. The molecule has 29 atom stereocenters. The fraction of sp³-hybridized carbons (Fsp3) is 0.969. The Kier molecular flexibility index (Phi) is 62.4. The Balaban J connectivity index is 4.37. The van der Waals surface area contributed by atoms with Crippen molar-refractivity contribution in [2.24, 2.45) is 5.73 Å². The van der Waals surface area contributed by atoms with Gasteiger partial charge in [0.25, 0.3) is 0 Å². The maximum Gasteiger partial charge on any atom is 0.237 e. The van der Waals surface area contributed by atoms with Crippen LogP contribution in [0.2, 0.25) is 0 Å². The summed E-state index contributed by atoms with van der Waals surface area (Å²) in [5.41, 5.74) is 5.81. The van der Waals surface area contributed by atoms with Gasteiger partial charge in [0.15, 0.2) is 0 Å². The van der Waals surface area contributed by atoms with E-state index in [1.807, 2.05) is 0 Å². The van der Waals surface area contributed by atoms with Crippen LogP contribution in [-0.4, -0.2) is 573 Å². The third kappa shape index (κ3) is 52.1. The predicted octanol–water partition coefficient (Wildman–Crippen LogP) is -22.2. The fourth-order valence-corrected chi connectivity index (χ4v) is 9.74. The summed E-state index contributed by atoms with van der Waals surface area (Å²) >= 11 is 0. The molecule has 113 heavy (non-hydrogen) atoms. The highest BCUT2D eigenvalue weighted by Gasteiger charge is 2.38. The zero-order valence-corrected chi connectivity index (χ0v) is 62.8. The molecule has 0 aromatic carbocycles. The molecule has 49 heteroatoms. The third-order valence-electron chi connectivity index (χ3n) is 16.0. The highest BCUT2D eigenvalue weighted by atomic mass is 16.6. The molecular weight excluding hydrogens is 1540 g/mol. The lowest BCUT2D eigenvalue weighted by molar-refractivity contribution is -0.133. The number of rotatable bonds is 75. The molecule has 0 aromatic heterocycles. The molecule has 676 valence electrons. The van der Waals surface area contributed by atoms with E-state index in [1.165, 1.54) is 0 Å². The van der Waals surface area contributed by atoms with E-state index < -0.39 is 287 Å². The van der Waals surface area contributed by atoms with Crippen LogP contribution in [0.25, 0.3) is 0 Å². The van der Waals surface area contributed by atoms with Crippen molar-refractivity contribution in [2.75, 3.05) is 211 Å². The third-order valence-corrected chi connectivity index (χ3v) is 16.0. The van der Waals surface area contributed by atoms with Crippen LogP contribution in [-0.2, 0) is 57.0 Å². The minimum Gasteiger partial charge on any atom is -0.394 e. The zero-order valence-electron chi connectivity index (χ0n) is 62.8. The number of carbonyl (C=O) groups excluding carboxylic acids is 2. The number of carbonyl (C=O) groups is 2. The molecule has 0 saturated heterocycles. The molecule has 0 heterocycles. The summed E-state index contributed by atoms with van der Waals surface area (Å²) in [6.45, 7) is -15.5. The smallest absolute Gasteiger partial charge is 0.237 e. The van der Waals surface area contributed by atoms with E-state index in [0.717, 1.165) is 9.80 Å². The number of nitrogens with one attached hydrogen (secondary N) is 2. The van der Waals surface area contributed by atoms with Gasteiger partial charge in [0.2, 0.25) is 11.8 Å². The second-order valence-electron chi connectivity index (χ2n) is 27.2. The van der Waals surface area contributed by atoms with Crippen LogP contribution in [0.4, 0.5) is 0 Å². The molecular formula is C64H131N5O44. The molecule has 0 aromatic rings. The van der Waals surface area contributed by atoms with Crippen LogP contribution < -0.4 is 16.4 Å². The maximum absolute atomic E-state index is 12.5. The minimum absolute atomic E-state index is 0.320. The Morgan fingerprint density at radius 3 is 0.602 bits per heavy atom. The summed E-state index contributed by atoms with van der Waals surface area (Å²) in [5.74, 6) is -1.55. The van der Waals surface area contributed by atoms with Crippen LogP contribution in [0.1, 0.15) is 6.42 Å². The van der Waals surface area contributed by atoms with Gasteiger partial charge in [-0.2, -0.15) is 0 Å². The monoisotopic (exact) mass is 1670 g/mol. The molecule has 0 rings (SSSR count). The number of nitrogens with two attached hydrogens (primary N) is 1. The van der Waals surface area contributed by atoms with Crippen molar-refractivity contribution in [3.05, 3.63) is 0 Å². The number of ether oxygens (including phenoxy) is 10. The number of aliphatic hydroxyl groups is 32. The first-order chi connectivity index (χ1) is 53.2. The van der Waals surface area contributed by atoms with Crippen molar-refractivity contribution in [3.8, 4) is 0 Å². The number of nitrogens with zero attached hydrogens (tertiary/aromatic N) is 2. The van der Waals surface area contributed by atoms with Crippen molar-refractivity contribution in [3.63, 3.8) is 0 Å². The van der Waals surface area contributed by atoms with Gasteiger partial charge in [-0.15, -0.1) is 0 Å². The van der Waals surface area contributed by atoms with Gasteiger partial charge in [-0.1, -0.05) is 0 Å². The van der Waals surface area contributed by atoms with Crippen molar-refractivity contribution in [1.82, 2.24) is 20.4 Å². The number of aliphatic hydroxyl groups excluding tert-OH is 32. The van der Waals surface area contributed by atoms with Gasteiger partial charge in [-0.3, -0.25) is 19.4 Å². The molecule has 0 saturated carbocycles. The molecule has 0 radical (unpaired) electrons. The van der Waals surface area contributed by atoms with Crippen LogP contribution in [0.3, 0.4) is 0 Å². The summed E-state index contributed by atoms with van der Waals surface area (Å²) in [5, 5.41) is 326. The summed E-state index contributed by atoms with van der Waals surface area (Å²) in [6, 6.07) is -1.38. The molecule has 0 aliphatic rings. The Bertz CT molecular complexity index is 2240. The lowest BCUT2D eigenvalue weighted by atomic mass is 10.0. The zero-order chi connectivity index (χ0) is 85.9. The fourth-order valence-electron chi connectivity index (χ4n) is 9.74. The lowest BCUT2D eigenvalue weighted by Gasteiger charge is -2.34. The van der Waals surface area contributed by atoms with Gasteiger partial charge >= 0.3 is 0 Å². The number of hydrogen-bond acceptors (Lipinski definition) is 47. The second kappa shape index (κ2) is 64.1. The standard InChI is InChI=1S/C64H131N5O44/c65-46(64(103)67-3-35(75)15-105-19-39(79)23-109-27-43(83)31-113-33-45(85)29-111-25-41(81)21-107-17-37(77)5-69(8-49(88)58(97)62(101)53(92)12-72)9-50(89)59(98)63(102)54(93)13-73)1-55(94)66-2-34(74)14-104-18-38(78)22-108-26-42(82)30-112-32-44(84)28-110-24-40(80)20-106-16-36(76)4-68(6-47(86)56(95)60(99)51(90)10-70)7-48(87)57(96)61(100)52(91)11-71/h34-54,56-63,70-93,95-102H,1-33,65H2,(H,66,94)(H,67,103)/t34?,35?,36?,37?,38?,39?,40?,41?,42?,43?,44?,45?,46-,47+,48+,49+,50+,51-,52-,53-,54-,56-,57-,58-,59-,60-,61-,62-,63-/m1/s1. The van der Waals surface area contributed by atoms with Crippen LogP contribution in [0.15, 0.2) is 0 Å². The van der Waals surface area contributed by atoms with E-state index >= 15 is 0 Å². The molecule has 0 bridgehead atoms. The highest BCUT2D eigenvalue weighted by Crippen LogP contribution is 2.15. The second-order valence-corrected chi connectivity index (χ2v) is 27.2. The number of hydrogen-bond donors (Lipinski definition) is 35. The van der Waals surface area contributed by atoms with Crippen molar-refractivity contribution in [2.45, 2.75) is 183 Å². The summed E-state index contributed by atoms with van der Waals surface area (Å²) in [6.07, 6.45) is -47.2. The first kappa shape index (κ1) is 110. The van der Waals surface area contributed by atoms with E-state index in [0.29, 0.717) is 0 Å². The van der Waals surface area contributed by atoms with Crippen LogP contribution in [0, 0.1) is 0 Å². The van der Waals surface area contributed by atoms with Gasteiger partial charge in [0.05, 0.1) is 220 Å². The Labute approximate surface area is 651 Å². The maximum atomic E-state index is 12.5. The quantitative estimate of drug-likeness (QED) is 0.0269. The Morgan fingerprint density at radius 1 is 0.239 bits per heavy atom. The van der Waals surface area contributed by atoms with Crippen molar-refractivity contribution in [1.29, 1.82) is 0 Å². The summed E-state index contributed by atoms with van der Waals surface area (Å²) in [4.78, 5) is 27.0. The molecule has 0 fully saturated rings. The van der Waals surface area contributed by atoms with Crippen LogP contribution >= 0.6 is 0 Å². The molecule has 0 spiro atoms. The van der Waals surface area contributed by atoms with E-state index in [9.17, 15) is 153 Å². The number of amides is 2. The van der Waals surface area contributed by atoms with Gasteiger partial charge in [0, 0.05) is 52.4 Å². The molecule has 12 unspecified atom stereocenters. The van der Waals surface area contributed by atoms with Gasteiger partial charge in [-0.05, 0) is 0 Å². The average molecular weight is 1670 g/mol. The first-order valence-corrected chi connectivity index (χ1v) is 36.2. The predicted molar refractivity (Wildman–Crippen MR) is 376 cm³/mol. The highest BCUT2D eigenvalue weighted by molar-refractivity contribution is 5.88. The van der Waals surface area contributed by atoms with E-state index in [2.05, 4.69) is 10.6 Å². The topological polar surface area (TPSA) is 830 Å². The van der Waals surface area contributed by atoms with Crippen LogP contribution in [0.5, 0.6) is 0 Å². The molecule has 0 aliphatic carbocycles. The SMILES string of the molecule is N[C@H](CC(=O)NCC(O)COCC(O)COCC(O)COCC(O)COCC(O)COCC(O)CN(C[C@H](O)[C@@H](O)[C@H](O)[C@H](O)CO)C[C@H](O)[C@@H](O)[C@H](O)[C@H](O)CO)C(=O)NCC(O)COCC(O)COCC(O)COCC(O)COCC(O)COCC(O)CN(C[C@H](O)[C@@H](O)[C@H](O)[C@H](O)CO)C[C@H](O)[C@@H](O)[C@H](O)[C@H](O)CO. The van der Waals surface area contributed by atoms with E-state index in [-0.39, 0.29) is 119 Å². The van der Waals surface area contributed by atoms with E-state index in [1.54, 1.807) is 0 Å². The van der Waals surface area contributed by atoms with Crippen molar-refractivity contribution >= 4 is 11.8 Å². The van der Waals surface area contributed by atoms with Gasteiger partial charge < -0.3 is 227 Å². The van der Waals surface area contributed by atoms with Crippen molar-refractivity contribution < 1.29 is 220 Å². The Morgan fingerprint density at radius 2 is 0.407 bits per heavy atom. The van der Waals surface area contributed by atoms with E-state index in [4.69, 9.17) is 73.5 Å². The molecule has 36 N–H and O–H groups in total. The minimum atomic E-state index is -2.06. The molecule has 49 nitrogen and oxygen atoms in total. The van der Waals surface area contributed by atoms with Gasteiger partial charge in [0.1, 0.15) is 122 Å². The Hall–Kier alpha value is -2.86. The molecule has 2 amide bonds. The largest absolute Gasteiger partial charge is 0.394 e. The lowest BCUT2D eigenvalue weighted by Crippen LogP contribution is -2.54.